The van der Waals surface area contributed by atoms with Crippen LogP contribution in [0.2, 0.25) is 0 Å². The molecule has 1 N–H and O–H groups in total. The van der Waals surface area contributed by atoms with Gasteiger partial charge in [-0.25, -0.2) is 4.57 Å². The lowest BCUT2D eigenvalue weighted by atomic mass is 9.75. The van der Waals surface area contributed by atoms with E-state index in [9.17, 15) is 4.57 Å². The Morgan fingerprint density at radius 1 is 0.771 bits per heavy atom. The Morgan fingerprint density at radius 2 is 1.29 bits per heavy atom. The smallest absolute Gasteiger partial charge is 0.292 e. The first-order valence-corrected chi connectivity index (χ1v) is 15.4. The molecular weight excluding hydrogens is 453 g/mol. The van der Waals surface area contributed by atoms with Crippen molar-refractivity contribution in [2.45, 2.75) is 92.3 Å². The van der Waals surface area contributed by atoms with Crippen molar-refractivity contribution >= 4 is 24.2 Å². The number of rotatable bonds is 8. The zero-order valence-electron chi connectivity index (χ0n) is 22.6. The molecule has 4 rings (SSSR count). The number of nitrogens with one attached hydrogen (secondary N) is 1. The number of benzene rings is 2. The van der Waals surface area contributed by atoms with Crippen molar-refractivity contribution in [3.8, 4) is 0 Å². The molecule has 0 radical (unpaired) electrons. The molecule has 0 aliphatic heterocycles. The molecule has 194 valence electrons. The third-order valence-electron chi connectivity index (χ3n) is 8.52. The zero-order chi connectivity index (χ0) is 25.2. The second-order valence-electron chi connectivity index (χ2n) is 12.1. The van der Waals surface area contributed by atoms with E-state index in [1.54, 1.807) is 0 Å². The van der Waals surface area contributed by atoms with Crippen LogP contribution in [0.5, 0.6) is 0 Å². The summed E-state index contributed by atoms with van der Waals surface area (Å²) in [5.41, 5.74) is 0.821. The maximum absolute atomic E-state index is 14.8. The summed E-state index contributed by atoms with van der Waals surface area (Å²) < 4.78 is 28.1. The van der Waals surface area contributed by atoms with Crippen LogP contribution >= 0.6 is 7.75 Å². The molecule has 0 amide bonds. The molecular formula is C30H46NO3P. The van der Waals surface area contributed by atoms with E-state index in [0.717, 1.165) is 42.1 Å². The summed E-state index contributed by atoms with van der Waals surface area (Å²) in [5.74, 6) is 2.89. The van der Waals surface area contributed by atoms with Crippen LogP contribution in [0.1, 0.15) is 80.1 Å². The van der Waals surface area contributed by atoms with E-state index < -0.39 is 7.75 Å². The quantitative estimate of drug-likeness (QED) is 0.368. The second kappa shape index (κ2) is 11.4. The van der Waals surface area contributed by atoms with Gasteiger partial charge in [0, 0.05) is 5.39 Å². The van der Waals surface area contributed by atoms with Crippen molar-refractivity contribution in [2.24, 2.45) is 35.5 Å². The topological polar surface area (TPSA) is 47.6 Å². The van der Waals surface area contributed by atoms with Gasteiger partial charge >= 0.3 is 7.75 Å². The normalized spacial score (nSPS) is 31.5. The van der Waals surface area contributed by atoms with Crippen LogP contribution in [-0.2, 0) is 13.6 Å². The van der Waals surface area contributed by atoms with E-state index in [1.165, 1.54) is 12.8 Å². The van der Waals surface area contributed by atoms with Crippen LogP contribution in [0, 0.1) is 35.5 Å². The molecule has 0 heterocycles. The van der Waals surface area contributed by atoms with E-state index in [2.05, 4.69) is 64.8 Å². The molecule has 2 aliphatic carbocycles. The first-order chi connectivity index (χ1) is 16.6. The highest BCUT2D eigenvalue weighted by Crippen LogP contribution is 2.56. The van der Waals surface area contributed by atoms with E-state index in [1.807, 2.05) is 24.3 Å². The Bertz CT molecular complexity index is 978. The van der Waals surface area contributed by atoms with E-state index in [-0.39, 0.29) is 12.2 Å². The number of anilines is 1. The van der Waals surface area contributed by atoms with Crippen molar-refractivity contribution in [2.75, 3.05) is 5.09 Å². The summed E-state index contributed by atoms with van der Waals surface area (Å²) >= 11 is 0. The van der Waals surface area contributed by atoms with E-state index in [4.69, 9.17) is 9.05 Å². The summed E-state index contributed by atoms with van der Waals surface area (Å²) in [6, 6.07) is 14.3. The SMILES string of the molecule is CC(C)[C@H]1CC[C@@H](C)C[C@H]1OP(=O)(Nc1cccc2ccccc12)O[C@@H]1C[C@H](C)CC[C@H]1C(C)C. The fourth-order valence-electron chi connectivity index (χ4n) is 6.38. The lowest BCUT2D eigenvalue weighted by Gasteiger charge is -2.41. The average molecular weight is 500 g/mol. The van der Waals surface area contributed by atoms with Gasteiger partial charge in [0.2, 0.25) is 0 Å². The van der Waals surface area contributed by atoms with Crippen LogP contribution in [0.3, 0.4) is 0 Å². The lowest BCUT2D eigenvalue weighted by Crippen LogP contribution is -2.37. The summed E-state index contributed by atoms with van der Waals surface area (Å²) in [6.45, 7) is 13.6. The minimum Gasteiger partial charge on any atom is -0.292 e. The van der Waals surface area contributed by atoms with Gasteiger partial charge < -0.3 is 0 Å². The van der Waals surface area contributed by atoms with Crippen LogP contribution in [0.4, 0.5) is 5.69 Å². The highest BCUT2D eigenvalue weighted by atomic mass is 31.2. The van der Waals surface area contributed by atoms with E-state index >= 15 is 0 Å². The Hall–Kier alpha value is -1.35. The summed E-state index contributed by atoms with van der Waals surface area (Å²) in [7, 11) is -3.64. The van der Waals surface area contributed by atoms with Crippen LogP contribution in [-0.4, -0.2) is 12.2 Å². The molecule has 2 aromatic carbocycles. The van der Waals surface area contributed by atoms with Gasteiger partial charge in [0.1, 0.15) is 0 Å². The Labute approximate surface area is 213 Å². The largest absolute Gasteiger partial charge is 0.433 e. The highest BCUT2D eigenvalue weighted by molar-refractivity contribution is 7.55. The van der Waals surface area contributed by atoms with Crippen LogP contribution in [0.15, 0.2) is 42.5 Å². The number of hydrogen-bond donors (Lipinski definition) is 1. The van der Waals surface area contributed by atoms with Crippen molar-refractivity contribution in [1.29, 1.82) is 0 Å². The average Bonchev–Trinajstić information content (AvgIpc) is 2.79. The Balaban J connectivity index is 1.68. The molecule has 0 saturated heterocycles. The molecule has 1 unspecified atom stereocenters. The molecule has 35 heavy (non-hydrogen) atoms. The van der Waals surface area contributed by atoms with Crippen LogP contribution in [0.25, 0.3) is 10.8 Å². The van der Waals surface area contributed by atoms with Gasteiger partial charge in [0.15, 0.2) is 0 Å². The highest BCUT2D eigenvalue weighted by Gasteiger charge is 2.42. The van der Waals surface area contributed by atoms with Crippen LogP contribution < -0.4 is 5.09 Å². The maximum Gasteiger partial charge on any atom is 0.433 e. The van der Waals surface area contributed by atoms with Gasteiger partial charge in [-0.15, -0.1) is 0 Å². The molecule has 7 atom stereocenters. The van der Waals surface area contributed by atoms with Crippen molar-refractivity contribution in [3.63, 3.8) is 0 Å². The summed E-state index contributed by atoms with van der Waals surface area (Å²) in [4.78, 5) is 0. The van der Waals surface area contributed by atoms with Gasteiger partial charge in [-0.1, -0.05) is 90.8 Å². The fraction of sp³-hybridized carbons (Fsp3) is 0.667. The monoisotopic (exact) mass is 499 g/mol. The molecule has 2 aliphatic rings. The zero-order valence-corrected chi connectivity index (χ0v) is 23.5. The second-order valence-corrected chi connectivity index (χ2v) is 13.7. The molecule has 0 spiro atoms. The summed E-state index contributed by atoms with van der Waals surface area (Å²) in [5, 5.41) is 5.50. The minimum atomic E-state index is -3.64. The first kappa shape index (κ1) is 26.7. The van der Waals surface area contributed by atoms with Crippen molar-refractivity contribution in [3.05, 3.63) is 42.5 Å². The molecule has 0 bridgehead atoms. The Morgan fingerprint density at radius 3 is 1.83 bits per heavy atom. The van der Waals surface area contributed by atoms with Crippen molar-refractivity contribution in [1.82, 2.24) is 0 Å². The molecule has 2 fully saturated rings. The summed E-state index contributed by atoms with van der Waals surface area (Å²) in [6.07, 6.45) is 6.39. The molecule has 5 heteroatoms. The lowest BCUT2D eigenvalue weighted by molar-refractivity contribution is -0.00187. The minimum absolute atomic E-state index is 0.0643. The van der Waals surface area contributed by atoms with E-state index in [0.29, 0.717) is 35.5 Å². The van der Waals surface area contributed by atoms with Gasteiger partial charge in [-0.3, -0.25) is 14.1 Å². The first-order valence-electron chi connectivity index (χ1n) is 13.9. The number of fused-ring (bicyclic) bond motifs is 1. The maximum atomic E-state index is 14.8. The van der Waals surface area contributed by atoms with Crippen molar-refractivity contribution < 1.29 is 13.6 Å². The number of hydrogen-bond acceptors (Lipinski definition) is 3. The molecule has 2 saturated carbocycles. The molecule has 0 aromatic heterocycles. The molecule has 2 aromatic rings. The van der Waals surface area contributed by atoms with Gasteiger partial charge in [0.05, 0.1) is 17.9 Å². The van der Waals surface area contributed by atoms with Gasteiger partial charge in [-0.2, -0.15) is 0 Å². The van der Waals surface area contributed by atoms with Gasteiger partial charge in [0.25, 0.3) is 0 Å². The fourth-order valence-corrected chi connectivity index (χ4v) is 8.22. The third-order valence-corrected chi connectivity index (χ3v) is 10.1. The van der Waals surface area contributed by atoms with Gasteiger partial charge in [-0.05, 0) is 72.6 Å². The third kappa shape index (κ3) is 6.51. The standard InChI is InChI=1S/C30H46NO3P/c1-20(2)25-16-14-22(5)18-29(25)33-35(32,34-30-19-23(6)15-17-26(30)21(3)4)31-28-13-9-11-24-10-7-8-12-27(24)28/h7-13,20-23,25-26,29-30H,14-19H2,1-6H3,(H,31,32)/t22-,23-,25-,26+,29-,30-,35?/m1/s1. The Kier molecular flexibility index (Phi) is 8.67. The predicted octanol–water partition coefficient (Wildman–Crippen LogP) is 9.31. The predicted molar refractivity (Wildman–Crippen MR) is 148 cm³/mol. The molecule has 4 nitrogen and oxygen atoms in total.